The Bertz CT molecular complexity index is 248. The molecule has 0 aliphatic heterocycles. The van der Waals surface area contributed by atoms with Gasteiger partial charge in [0, 0.05) is 0 Å². The maximum Gasteiger partial charge on any atom is 0.362 e. The molecule has 11 heavy (non-hydrogen) atoms. The van der Waals surface area contributed by atoms with Crippen LogP contribution in [0.3, 0.4) is 0 Å². The smallest absolute Gasteiger partial charge is 0.362 e. The first-order valence-electron chi connectivity index (χ1n) is 2.53. The van der Waals surface area contributed by atoms with E-state index in [2.05, 4.69) is 14.1 Å². The van der Waals surface area contributed by atoms with Crippen molar-refractivity contribution in [2.45, 2.75) is 0 Å². The summed E-state index contributed by atoms with van der Waals surface area (Å²) < 4.78 is 8.89. The third-order valence-corrected chi connectivity index (χ3v) is 0.974. The number of oxazole rings is 1. The molecule has 0 aliphatic rings. The molecule has 5 nitrogen and oxygen atoms in total. The van der Waals surface area contributed by atoms with Gasteiger partial charge in [0.1, 0.15) is 0 Å². The fourth-order valence-corrected chi connectivity index (χ4v) is 0.505. The van der Waals surface area contributed by atoms with E-state index in [1.54, 1.807) is 0 Å². The highest BCUT2D eigenvalue weighted by Crippen LogP contribution is 2.08. The number of hydrogen-bond donors (Lipinski definition) is 1. The molecule has 0 fully saturated rings. The van der Waals surface area contributed by atoms with Crippen LogP contribution in [0.4, 0.5) is 5.88 Å². The van der Waals surface area contributed by atoms with Gasteiger partial charge in [0.2, 0.25) is 11.6 Å². The average Bonchev–Trinajstić information content (AvgIpc) is 2.34. The second-order valence-corrected chi connectivity index (χ2v) is 1.56. The standard InChI is InChI=1S/C5H6N2O3.ClH/c1-9-5(8)3-4(6)10-2-7-3;/h2H,6H2,1H3;1H. The van der Waals surface area contributed by atoms with E-state index in [-0.39, 0.29) is 24.0 Å². The van der Waals surface area contributed by atoms with Gasteiger partial charge in [-0.15, -0.1) is 12.4 Å². The van der Waals surface area contributed by atoms with E-state index in [9.17, 15) is 4.79 Å². The number of esters is 1. The third-order valence-electron chi connectivity index (χ3n) is 0.974. The van der Waals surface area contributed by atoms with Crippen molar-refractivity contribution in [3.8, 4) is 0 Å². The lowest BCUT2D eigenvalue weighted by atomic mass is 10.5. The topological polar surface area (TPSA) is 78.3 Å². The van der Waals surface area contributed by atoms with Crippen molar-refractivity contribution < 1.29 is 13.9 Å². The van der Waals surface area contributed by atoms with Crippen molar-refractivity contribution in [3.05, 3.63) is 12.1 Å². The van der Waals surface area contributed by atoms with E-state index in [1.165, 1.54) is 7.11 Å². The zero-order valence-corrected chi connectivity index (χ0v) is 6.55. The Hall–Kier alpha value is -1.23. The molecule has 1 aromatic rings. The normalized spacial score (nSPS) is 8.45. The van der Waals surface area contributed by atoms with E-state index in [1.807, 2.05) is 0 Å². The lowest BCUT2D eigenvalue weighted by Gasteiger charge is -1.91. The minimum atomic E-state index is -0.591. The van der Waals surface area contributed by atoms with Crippen molar-refractivity contribution in [2.75, 3.05) is 12.8 Å². The number of carbonyl (C=O) groups excluding carboxylic acids is 1. The van der Waals surface area contributed by atoms with Crippen molar-refractivity contribution >= 4 is 24.3 Å². The highest BCUT2D eigenvalue weighted by atomic mass is 35.5. The van der Waals surface area contributed by atoms with Crippen molar-refractivity contribution in [2.24, 2.45) is 0 Å². The zero-order valence-electron chi connectivity index (χ0n) is 5.73. The minimum absolute atomic E-state index is 0. The SMILES string of the molecule is COC(=O)c1ncoc1N.Cl. The van der Waals surface area contributed by atoms with Crippen LogP contribution < -0.4 is 5.73 Å². The first kappa shape index (κ1) is 9.77. The molecule has 6 heteroatoms. The molecule has 1 aromatic heterocycles. The van der Waals surface area contributed by atoms with Gasteiger partial charge in [-0.2, -0.15) is 0 Å². The molecule has 2 N–H and O–H groups in total. The summed E-state index contributed by atoms with van der Waals surface area (Å²) in [4.78, 5) is 14.2. The molecular formula is C5H7ClN2O3. The predicted octanol–water partition coefficient (Wildman–Crippen LogP) is 0.465. The highest BCUT2D eigenvalue weighted by Gasteiger charge is 2.13. The Balaban J connectivity index is 0.000001000. The third kappa shape index (κ3) is 1.84. The van der Waals surface area contributed by atoms with Gasteiger partial charge in [0.05, 0.1) is 7.11 Å². The molecule has 62 valence electrons. The molecule has 0 saturated heterocycles. The first-order chi connectivity index (χ1) is 4.75. The van der Waals surface area contributed by atoms with Crippen molar-refractivity contribution in [3.63, 3.8) is 0 Å². The van der Waals surface area contributed by atoms with Crippen LogP contribution >= 0.6 is 12.4 Å². The van der Waals surface area contributed by atoms with Gasteiger partial charge >= 0.3 is 5.97 Å². The molecule has 1 rings (SSSR count). The van der Waals surface area contributed by atoms with E-state index in [0.717, 1.165) is 6.39 Å². The number of nitrogens with zero attached hydrogens (tertiary/aromatic N) is 1. The molecule has 0 bridgehead atoms. The molecule has 0 amide bonds. The largest absolute Gasteiger partial charge is 0.464 e. The Morgan fingerprint density at radius 3 is 2.82 bits per heavy atom. The quantitative estimate of drug-likeness (QED) is 0.633. The van der Waals surface area contributed by atoms with Crippen LogP contribution in [0.15, 0.2) is 10.8 Å². The summed E-state index contributed by atoms with van der Waals surface area (Å²) in [5, 5.41) is 0. The molecule has 0 atom stereocenters. The van der Waals surface area contributed by atoms with Crippen molar-refractivity contribution in [1.29, 1.82) is 0 Å². The van der Waals surface area contributed by atoms with E-state index >= 15 is 0 Å². The summed E-state index contributed by atoms with van der Waals surface area (Å²) in [7, 11) is 1.25. The number of aromatic nitrogens is 1. The van der Waals surface area contributed by atoms with Gasteiger partial charge in [-0.05, 0) is 0 Å². The van der Waals surface area contributed by atoms with Crippen LogP contribution in [0.5, 0.6) is 0 Å². The molecule has 0 spiro atoms. The molecule has 0 radical (unpaired) electrons. The van der Waals surface area contributed by atoms with Gasteiger partial charge < -0.3 is 14.9 Å². The monoisotopic (exact) mass is 178 g/mol. The van der Waals surface area contributed by atoms with Crippen LogP contribution in [0.2, 0.25) is 0 Å². The fourth-order valence-electron chi connectivity index (χ4n) is 0.505. The minimum Gasteiger partial charge on any atom is -0.464 e. The maximum absolute atomic E-state index is 10.7. The predicted molar refractivity (Wildman–Crippen MR) is 39.5 cm³/mol. The summed E-state index contributed by atoms with van der Waals surface area (Å²) in [5.41, 5.74) is 5.20. The van der Waals surface area contributed by atoms with Crippen LogP contribution in [-0.2, 0) is 4.74 Å². The number of nitrogen functional groups attached to an aromatic ring is 1. The molecular weight excluding hydrogens is 172 g/mol. The summed E-state index contributed by atoms with van der Waals surface area (Å²) in [6.45, 7) is 0. The van der Waals surface area contributed by atoms with Crippen LogP contribution in [-0.4, -0.2) is 18.1 Å². The summed E-state index contributed by atoms with van der Waals surface area (Å²) in [6.07, 6.45) is 1.08. The molecule has 0 unspecified atom stereocenters. The van der Waals surface area contributed by atoms with E-state index < -0.39 is 5.97 Å². The van der Waals surface area contributed by atoms with E-state index in [4.69, 9.17) is 5.73 Å². The summed E-state index contributed by atoms with van der Waals surface area (Å²) in [6, 6.07) is 0. The molecule has 0 saturated carbocycles. The first-order valence-corrected chi connectivity index (χ1v) is 2.53. The number of ether oxygens (including phenoxy) is 1. The number of halogens is 1. The number of rotatable bonds is 1. The highest BCUT2D eigenvalue weighted by molar-refractivity contribution is 5.91. The number of hydrogen-bond acceptors (Lipinski definition) is 5. The summed E-state index contributed by atoms with van der Waals surface area (Å²) >= 11 is 0. The zero-order chi connectivity index (χ0) is 7.56. The molecule has 0 aromatic carbocycles. The lowest BCUT2D eigenvalue weighted by Crippen LogP contribution is -2.04. The second-order valence-electron chi connectivity index (χ2n) is 1.56. The maximum atomic E-state index is 10.7. The number of anilines is 1. The van der Waals surface area contributed by atoms with Crippen LogP contribution in [0.1, 0.15) is 10.5 Å². The van der Waals surface area contributed by atoms with Gasteiger partial charge in [-0.1, -0.05) is 0 Å². The molecule has 0 aliphatic carbocycles. The second kappa shape index (κ2) is 3.82. The van der Waals surface area contributed by atoms with Gasteiger partial charge in [0.15, 0.2) is 6.39 Å². The van der Waals surface area contributed by atoms with E-state index in [0.29, 0.717) is 0 Å². The van der Waals surface area contributed by atoms with Gasteiger partial charge in [-0.3, -0.25) is 0 Å². The fraction of sp³-hybridized carbons (Fsp3) is 0.200. The Morgan fingerprint density at radius 1 is 1.82 bits per heavy atom. The number of methoxy groups -OCH3 is 1. The average molecular weight is 179 g/mol. The Morgan fingerprint density at radius 2 is 2.45 bits per heavy atom. The molecule has 1 heterocycles. The number of nitrogens with two attached hydrogens (primary N) is 1. The Labute approximate surface area is 68.9 Å². The Kier molecular flexibility index (Phi) is 3.39. The summed E-state index contributed by atoms with van der Waals surface area (Å²) in [5.74, 6) is -0.613. The lowest BCUT2D eigenvalue weighted by molar-refractivity contribution is 0.0595. The van der Waals surface area contributed by atoms with Crippen LogP contribution in [0.25, 0.3) is 0 Å². The van der Waals surface area contributed by atoms with Crippen LogP contribution in [0, 0.1) is 0 Å². The van der Waals surface area contributed by atoms with Crippen molar-refractivity contribution in [1.82, 2.24) is 4.98 Å². The van der Waals surface area contributed by atoms with Gasteiger partial charge in [0.25, 0.3) is 0 Å². The number of carbonyl (C=O) groups is 1. The van der Waals surface area contributed by atoms with Gasteiger partial charge in [-0.25, -0.2) is 9.78 Å².